The van der Waals surface area contributed by atoms with Crippen molar-refractivity contribution in [3.05, 3.63) is 58.9 Å². The van der Waals surface area contributed by atoms with Crippen LogP contribution >= 0.6 is 11.6 Å². The van der Waals surface area contributed by atoms with Gasteiger partial charge < -0.3 is 15.2 Å². The number of halogens is 4. The molecule has 2 aromatic heterocycles. The van der Waals surface area contributed by atoms with Gasteiger partial charge in [0.05, 0.1) is 5.02 Å². The molecule has 0 amide bonds. The van der Waals surface area contributed by atoms with Crippen LogP contribution in [0.5, 0.6) is 0 Å². The van der Waals surface area contributed by atoms with E-state index in [1.165, 1.54) is 6.07 Å². The largest absolute Gasteiger partial charge is 0.433 e. The van der Waals surface area contributed by atoms with Crippen molar-refractivity contribution < 1.29 is 13.2 Å². The zero-order valence-corrected chi connectivity index (χ0v) is 17.0. The van der Waals surface area contributed by atoms with Crippen molar-refractivity contribution in [2.45, 2.75) is 31.6 Å². The predicted molar refractivity (Wildman–Crippen MR) is 112 cm³/mol. The molecule has 1 saturated heterocycles. The number of anilines is 1. The molecular weight excluding hydrogens is 413 g/mol. The number of nitrogens with zero attached hydrogens (tertiary/aromatic N) is 2. The van der Waals surface area contributed by atoms with Crippen LogP contribution in [0.15, 0.2) is 42.6 Å². The number of benzene rings is 1. The summed E-state index contributed by atoms with van der Waals surface area (Å²) in [6.45, 7) is 2.20. The highest BCUT2D eigenvalue weighted by Gasteiger charge is 2.43. The molecule has 2 aliphatic rings. The molecule has 3 aromatic rings. The summed E-state index contributed by atoms with van der Waals surface area (Å²) in [5, 5.41) is 5.45. The van der Waals surface area contributed by atoms with Crippen molar-refractivity contribution in [1.29, 1.82) is 0 Å². The third kappa shape index (κ3) is 3.54. The summed E-state index contributed by atoms with van der Waals surface area (Å²) in [5.41, 5.74) is 1.32. The first-order valence-corrected chi connectivity index (χ1v) is 10.5. The summed E-state index contributed by atoms with van der Waals surface area (Å²) in [6, 6.07) is 10.3. The Kier molecular flexibility index (Phi) is 4.90. The molecule has 0 bridgehead atoms. The summed E-state index contributed by atoms with van der Waals surface area (Å²) in [4.78, 5) is 9.14. The Bertz CT molecular complexity index is 1060. The minimum Gasteiger partial charge on any atom is -0.361 e. The summed E-state index contributed by atoms with van der Waals surface area (Å²) in [5.74, 6) is 1.30. The van der Waals surface area contributed by atoms with Crippen LogP contribution in [0.25, 0.3) is 10.9 Å². The molecule has 1 aromatic carbocycles. The van der Waals surface area contributed by atoms with E-state index < -0.39 is 11.9 Å². The minimum atomic E-state index is -4.42. The maximum Gasteiger partial charge on any atom is 0.433 e. The average molecular weight is 435 g/mol. The van der Waals surface area contributed by atoms with E-state index in [0.29, 0.717) is 30.2 Å². The monoisotopic (exact) mass is 434 g/mol. The second kappa shape index (κ2) is 7.46. The molecule has 2 N–H and O–H groups in total. The zero-order chi connectivity index (χ0) is 20.9. The number of fused-ring (bicyclic) bond motifs is 2. The molecule has 30 heavy (non-hydrogen) atoms. The molecule has 3 heterocycles. The molecule has 5 rings (SSSR count). The van der Waals surface area contributed by atoms with E-state index >= 15 is 0 Å². The Morgan fingerprint density at radius 2 is 1.97 bits per heavy atom. The van der Waals surface area contributed by atoms with Gasteiger partial charge in [-0.2, -0.15) is 13.2 Å². The van der Waals surface area contributed by atoms with E-state index in [9.17, 15) is 13.2 Å². The molecule has 1 aliphatic carbocycles. The highest BCUT2D eigenvalue weighted by molar-refractivity contribution is 6.35. The number of nitrogens with one attached hydrogen (secondary N) is 2. The maximum absolute atomic E-state index is 13.0. The molecule has 2 fully saturated rings. The van der Waals surface area contributed by atoms with E-state index in [-0.39, 0.29) is 0 Å². The summed E-state index contributed by atoms with van der Waals surface area (Å²) < 4.78 is 39.1. The van der Waals surface area contributed by atoms with Gasteiger partial charge in [0.1, 0.15) is 11.5 Å². The minimum absolute atomic E-state index is 0.332. The molecule has 3 unspecified atom stereocenters. The number of aromatic nitrogens is 2. The Labute approximate surface area is 177 Å². The number of alkyl halides is 3. The third-order valence-corrected chi connectivity index (χ3v) is 6.81. The molecule has 158 valence electrons. The van der Waals surface area contributed by atoms with Crippen LogP contribution in [-0.2, 0) is 12.7 Å². The Morgan fingerprint density at radius 1 is 1.13 bits per heavy atom. The summed E-state index contributed by atoms with van der Waals surface area (Å²) in [6.07, 6.45) is -0.276. The van der Waals surface area contributed by atoms with Gasteiger partial charge in [-0.25, -0.2) is 4.98 Å². The van der Waals surface area contributed by atoms with E-state index in [4.69, 9.17) is 11.6 Å². The third-order valence-electron chi connectivity index (χ3n) is 6.50. The van der Waals surface area contributed by atoms with Crippen molar-refractivity contribution >= 4 is 28.3 Å². The number of rotatable bonds is 4. The van der Waals surface area contributed by atoms with Crippen molar-refractivity contribution in [3.8, 4) is 0 Å². The lowest BCUT2D eigenvalue weighted by Gasteiger charge is -2.23. The van der Waals surface area contributed by atoms with Crippen LogP contribution < -0.4 is 10.2 Å². The number of hydrogen-bond donors (Lipinski definition) is 2. The number of aromatic amines is 1. The van der Waals surface area contributed by atoms with Gasteiger partial charge in [0, 0.05) is 42.8 Å². The fraction of sp³-hybridized carbons (Fsp3) is 0.409. The lowest BCUT2D eigenvalue weighted by Crippen LogP contribution is -2.35. The van der Waals surface area contributed by atoms with Gasteiger partial charge in [0.25, 0.3) is 0 Å². The summed E-state index contributed by atoms with van der Waals surface area (Å²) >= 11 is 6.38. The number of H-pyrrole nitrogens is 1. The van der Waals surface area contributed by atoms with Crippen LogP contribution in [-0.4, -0.2) is 29.1 Å². The summed E-state index contributed by atoms with van der Waals surface area (Å²) in [7, 11) is 0. The lowest BCUT2D eigenvalue weighted by atomic mass is 9.97. The molecular formula is C22H22ClF3N4. The van der Waals surface area contributed by atoms with Crippen LogP contribution in [0.2, 0.25) is 5.02 Å². The molecule has 0 spiro atoms. The van der Waals surface area contributed by atoms with Gasteiger partial charge in [0.15, 0.2) is 0 Å². The Hall–Kier alpha value is -2.25. The van der Waals surface area contributed by atoms with Crippen molar-refractivity contribution in [2.24, 2.45) is 11.8 Å². The van der Waals surface area contributed by atoms with Gasteiger partial charge in [-0.15, -0.1) is 0 Å². The molecule has 1 saturated carbocycles. The predicted octanol–water partition coefficient (Wildman–Crippen LogP) is 5.24. The van der Waals surface area contributed by atoms with Crippen LogP contribution in [0.1, 0.15) is 24.1 Å². The van der Waals surface area contributed by atoms with Crippen molar-refractivity contribution in [3.63, 3.8) is 0 Å². The quantitative estimate of drug-likeness (QED) is 0.590. The van der Waals surface area contributed by atoms with Gasteiger partial charge in [0.2, 0.25) is 0 Å². The second-order valence-corrected chi connectivity index (χ2v) is 8.66. The van der Waals surface area contributed by atoms with Crippen molar-refractivity contribution in [2.75, 3.05) is 18.0 Å². The normalized spacial score (nSPS) is 24.0. The first-order valence-electron chi connectivity index (χ1n) is 10.2. The fourth-order valence-electron chi connectivity index (χ4n) is 5.05. The SMILES string of the molecule is FC(F)(F)c1cccc(N2CC3CCC(NCc4c[nH]c5cccc(Cl)c45)C3C2)n1. The number of pyridine rings is 1. The Balaban J connectivity index is 1.28. The average Bonchev–Trinajstić information content (AvgIpc) is 3.41. The molecule has 8 heteroatoms. The molecule has 4 nitrogen and oxygen atoms in total. The molecule has 1 aliphatic heterocycles. The van der Waals surface area contributed by atoms with Crippen molar-refractivity contribution in [1.82, 2.24) is 15.3 Å². The first-order chi connectivity index (χ1) is 14.4. The smallest absolute Gasteiger partial charge is 0.361 e. The van der Waals surface area contributed by atoms with E-state index in [2.05, 4.69) is 15.3 Å². The maximum atomic E-state index is 13.0. The highest BCUT2D eigenvalue weighted by Crippen LogP contribution is 2.40. The Morgan fingerprint density at radius 3 is 2.80 bits per heavy atom. The second-order valence-electron chi connectivity index (χ2n) is 8.25. The topological polar surface area (TPSA) is 44.0 Å². The van der Waals surface area contributed by atoms with Gasteiger partial charge >= 0.3 is 6.18 Å². The van der Waals surface area contributed by atoms with E-state index in [1.54, 1.807) is 6.07 Å². The number of hydrogen-bond acceptors (Lipinski definition) is 3. The standard InChI is InChI=1S/C22H22ClF3N4/c23-16-3-1-4-18-21(16)14(10-28-18)9-27-17-8-7-13-11-30(12-15(13)17)20-6-2-5-19(29-20)22(24,25)26/h1-6,10,13,15,17,27-28H,7-9,11-12H2. The van der Waals surface area contributed by atoms with Gasteiger partial charge in [-0.3, -0.25) is 0 Å². The van der Waals surface area contributed by atoms with Gasteiger partial charge in [-0.1, -0.05) is 23.7 Å². The lowest BCUT2D eigenvalue weighted by molar-refractivity contribution is -0.141. The van der Waals surface area contributed by atoms with E-state index in [0.717, 1.165) is 53.5 Å². The van der Waals surface area contributed by atoms with Crippen LogP contribution in [0.3, 0.4) is 0 Å². The zero-order valence-electron chi connectivity index (χ0n) is 16.2. The highest BCUT2D eigenvalue weighted by atomic mass is 35.5. The first kappa shape index (κ1) is 19.7. The van der Waals surface area contributed by atoms with Crippen LogP contribution in [0.4, 0.5) is 19.0 Å². The fourth-order valence-corrected chi connectivity index (χ4v) is 5.35. The van der Waals surface area contributed by atoms with Crippen LogP contribution in [0, 0.1) is 11.8 Å². The molecule has 0 radical (unpaired) electrons. The van der Waals surface area contributed by atoms with E-state index in [1.807, 2.05) is 29.3 Å². The van der Waals surface area contributed by atoms with Gasteiger partial charge in [-0.05, 0) is 54.5 Å². The molecule has 3 atom stereocenters.